The maximum Gasteiger partial charge on any atom is 0.259 e. The first kappa shape index (κ1) is 13.8. The number of nitrogens with zero attached hydrogens (tertiary/aromatic N) is 2. The molecule has 19 heavy (non-hydrogen) atoms. The van der Waals surface area contributed by atoms with Crippen LogP contribution in [0, 0.1) is 6.92 Å². The molecule has 1 N–H and O–H groups in total. The zero-order valence-electron chi connectivity index (χ0n) is 11.2. The van der Waals surface area contributed by atoms with Gasteiger partial charge in [0, 0.05) is 17.7 Å². The van der Waals surface area contributed by atoms with Gasteiger partial charge in [0.2, 0.25) is 0 Å². The van der Waals surface area contributed by atoms with E-state index in [2.05, 4.69) is 26.3 Å². The summed E-state index contributed by atoms with van der Waals surface area (Å²) in [6, 6.07) is 5.78. The van der Waals surface area contributed by atoms with Crippen molar-refractivity contribution in [3.63, 3.8) is 0 Å². The van der Waals surface area contributed by atoms with Gasteiger partial charge in [-0.25, -0.2) is 0 Å². The first-order chi connectivity index (χ1) is 9.02. The highest BCUT2D eigenvalue weighted by Gasteiger charge is 2.15. The second-order valence-corrected chi connectivity index (χ2v) is 5.20. The molecule has 100 valence electrons. The van der Waals surface area contributed by atoms with Gasteiger partial charge in [0.05, 0.1) is 16.9 Å². The number of hydrogen-bond acceptors (Lipinski definition) is 2. The van der Waals surface area contributed by atoms with Crippen LogP contribution in [0.1, 0.15) is 28.5 Å². The van der Waals surface area contributed by atoms with Crippen LogP contribution in [0.5, 0.6) is 0 Å². The Morgan fingerprint density at radius 1 is 1.47 bits per heavy atom. The summed E-state index contributed by atoms with van der Waals surface area (Å²) in [5, 5.41) is 7.19. The molecule has 2 rings (SSSR count). The van der Waals surface area contributed by atoms with Crippen molar-refractivity contribution in [2.75, 3.05) is 5.32 Å². The summed E-state index contributed by atoms with van der Waals surface area (Å²) in [4.78, 5) is 12.3. The molecule has 0 saturated carbocycles. The molecule has 2 aromatic rings. The fourth-order valence-corrected chi connectivity index (χ4v) is 2.28. The zero-order valence-corrected chi connectivity index (χ0v) is 12.8. The fraction of sp³-hybridized carbons (Fsp3) is 0.286. The van der Waals surface area contributed by atoms with Crippen molar-refractivity contribution in [2.45, 2.75) is 20.3 Å². The molecule has 1 aromatic heterocycles. The topological polar surface area (TPSA) is 46.9 Å². The minimum absolute atomic E-state index is 0.128. The van der Waals surface area contributed by atoms with Gasteiger partial charge in [-0.05, 0) is 40.9 Å². The molecule has 0 bridgehead atoms. The molecule has 0 saturated heterocycles. The molecule has 1 heterocycles. The largest absolute Gasteiger partial charge is 0.321 e. The quantitative estimate of drug-likeness (QED) is 0.942. The summed E-state index contributed by atoms with van der Waals surface area (Å²) < 4.78 is 2.57. The van der Waals surface area contributed by atoms with Crippen molar-refractivity contribution in [1.82, 2.24) is 9.78 Å². The van der Waals surface area contributed by atoms with Gasteiger partial charge in [-0.2, -0.15) is 5.10 Å². The summed E-state index contributed by atoms with van der Waals surface area (Å²) >= 11 is 3.49. The molecule has 0 aliphatic rings. The fourth-order valence-electron chi connectivity index (χ4n) is 1.92. The Morgan fingerprint density at radius 2 is 2.21 bits per heavy atom. The molecule has 0 atom stereocenters. The number of carbonyl (C=O) groups excluding carboxylic acids is 1. The number of aryl methyl sites for hydroxylation is 3. The molecule has 0 fully saturated rings. The molecule has 0 radical (unpaired) electrons. The summed E-state index contributed by atoms with van der Waals surface area (Å²) in [6.45, 7) is 3.98. The Balaban J connectivity index is 2.28. The van der Waals surface area contributed by atoms with E-state index in [0.717, 1.165) is 27.8 Å². The Bertz CT molecular complexity index is 619. The van der Waals surface area contributed by atoms with Crippen molar-refractivity contribution in [3.05, 3.63) is 45.7 Å². The molecule has 0 aliphatic heterocycles. The Morgan fingerprint density at radius 3 is 2.89 bits per heavy atom. The molecule has 0 aliphatic carbocycles. The minimum Gasteiger partial charge on any atom is -0.321 e. The average Bonchev–Trinajstić information content (AvgIpc) is 2.76. The molecule has 0 unspecified atom stereocenters. The summed E-state index contributed by atoms with van der Waals surface area (Å²) in [6.07, 6.45) is 2.48. The van der Waals surface area contributed by atoms with E-state index in [0.29, 0.717) is 5.56 Å². The Labute approximate surface area is 120 Å². The van der Waals surface area contributed by atoms with E-state index >= 15 is 0 Å². The number of aromatic nitrogens is 2. The first-order valence-electron chi connectivity index (χ1n) is 6.12. The number of halogens is 1. The summed E-state index contributed by atoms with van der Waals surface area (Å²) in [5.41, 5.74) is 3.29. The van der Waals surface area contributed by atoms with Crippen LogP contribution >= 0.6 is 15.9 Å². The van der Waals surface area contributed by atoms with Crippen LogP contribution in [0.4, 0.5) is 5.69 Å². The van der Waals surface area contributed by atoms with E-state index in [1.54, 1.807) is 10.9 Å². The number of hydrogen-bond donors (Lipinski definition) is 1. The van der Waals surface area contributed by atoms with E-state index in [-0.39, 0.29) is 5.91 Å². The average molecular weight is 322 g/mol. The predicted molar refractivity (Wildman–Crippen MR) is 79.4 cm³/mol. The lowest BCUT2D eigenvalue weighted by atomic mass is 10.2. The first-order valence-corrected chi connectivity index (χ1v) is 6.91. The van der Waals surface area contributed by atoms with Crippen molar-refractivity contribution in [3.8, 4) is 0 Å². The van der Waals surface area contributed by atoms with E-state index in [4.69, 9.17) is 0 Å². The lowest BCUT2D eigenvalue weighted by Crippen LogP contribution is -2.13. The van der Waals surface area contributed by atoms with Crippen LogP contribution in [0.2, 0.25) is 0 Å². The van der Waals surface area contributed by atoms with Crippen molar-refractivity contribution >= 4 is 27.5 Å². The monoisotopic (exact) mass is 321 g/mol. The number of carbonyl (C=O) groups is 1. The van der Waals surface area contributed by atoms with Crippen molar-refractivity contribution < 1.29 is 4.79 Å². The highest BCUT2D eigenvalue weighted by molar-refractivity contribution is 9.10. The van der Waals surface area contributed by atoms with Crippen molar-refractivity contribution in [2.24, 2.45) is 7.05 Å². The highest BCUT2D eigenvalue weighted by Crippen LogP contribution is 2.26. The van der Waals surface area contributed by atoms with Gasteiger partial charge in [0.15, 0.2) is 0 Å². The number of anilines is 1. The van der Waals surface area contributed by atoms with Gasteiger partial charge in [-0.1, -0.05) is 19.1 Å². The predicted octanol–water partition coefficient (Wildman–Crippen LogP) is 3.31. The van der Waals surface area contributed by atoms with Gasteiger partial charge >= 0.3 is 0 Å². The molecule has 1 amide bonds. The zero-order chi connectivity index (χ0) is 14.0. The van der Waals surface area contributed by atoms with Gasteiger partial charge in [0.25, 0.3) is 5.91 Å². The van der Waals surface area contributed by atoms with Crippen LogP contribution in [0.15, 0.2) is 28.9 Å². The smallest absolute Gasteiger partial charge is 0.259 e. The maximum atomic E-state index is 12.3. The SMILES string of the molecule is CCc1nn(C)cc1C(=O)Nc1cccc(C)c1Br. The Hall–Kier alpha value is -1.62. The van der Waals surface area contributed by atoms with E-state index < -0.39 is 0 Å². The molecular formula is C14H16BrN3O. The third-order valence-electron chi connectivity index (χ3n) is 2.92. The molecule has 1 aromatic carbocycles. The number of rotatable bonds is 3. The second-order valence-electron chi connectivity index (χ2n) is 4.41. The number of benzene rings is 1. The van der Waals surface area contributed by atoms with Crippen LogP contribution in [0.25, 0.3) is 0 Å². The van der Waals surface area contributed by atoms with E-state index in [9.17, 15) is 4.79 Å². The van der Waals surface area contributed by atoms with Crippen LogP contribution in [-0.4, -0.2) is 15.7 Å². The number of amides is 1. The van der Waals surface area contributed by atoms with Gasteiger partial charge in [0.1, 0.15) is 0 Å². The van der Waals surface area contributed by atoms with Gasteiger partial charge < -0.3 is 5.32 Å². The van der Waals surface area contributed by atoms with Gasteiger partial charge in [-0.15, -0.1) is 0 Å². The number of nitrogens with one attached hydrogen (secondary N) is 1. The summed E-state index contributed by atoms with van der Waals surface area (Å²) in [7, 11) is 1.82. The lowest BCUT2D eigenvalue weighted by Gasteiger charge is -2.08. The second kappa shape index (κ2) is 5.57. The molecule has 4 nitrogen and oxygen atoms in total. The summed E-state index contributed by atoms with van der Waals surface area (Å²) in [5.74, 6) is -0.128. The molecular weight excluding hydrogens is 306 g/mol. The third-order valence-corrected chi connectivity index (χ3v) is 3.98. The maximum absolute atomic E-state index is 12.3. The highest BCUT2D eigenvalue weighted by atomic mass is 79.9. The molecule has 0 spiro atoms. The van der Waals surface area contributed by atoms with Crippen LogP contribution in [-0.2, 0) is 13.5 Å². The lowest BCUT2D eigenvalue weighted by molar-refractivity contribution is 0.102. The Kier molecular flexibility index (Phi) is 4.04. The van der Waals surface area contributed by atoms with Crippen LogP contribution in [0.3, 0.4) is 0 Å². The third kappa shape index (κ3) is 2.87. The molecule has 5 heteroatoms. The minimum atomic E-state index is -0.128. The van der Waals surface area contributed by atoms with Crippen LogP contribution < -0.4 is 5.32 Å². The van der Waals surface area contributed by atoms with Crippen molar-refractivity contribution in [1.29, 1.82) is 0 Å². The normalized spacial score (nSPS) is 10.5. The van der Waals surface area contributed by atoms with E-state index in [1.807, 2.05) is 39.1 Å². The van der Waals surface area contributed by atoms with E-state index in [1.165, 1.54) is 0 Å². The standard InChI is InChI=1S/C14H16BrN3O/c1-4-11-10(8-18(3)17-11)14(19)16-12-7-5-6-9(2)13(12)15/h5-8H,4H2,1-3H3,(H,16,19). The van der Waals surface area contributed by atoms with Gasteiger partial charge in [-0.3, -0.25) is 9.48 Å².